The summed E-state index contributed by atoms with van der Waals surface area (Å²) in [5.74, 6) is 3.23. The standard InChI is InChI=1S/C49H60Cl2FN13O18P4/c1-3-16-61(42-36-44(57-48(50)55-42)64(25-53-36)46-40(68)38(66)34(82-46)23-80-85(73,74)27-84(70,71)72)20-30-9-7-29(8-10-30)6-5-19-79-86(75,76)28-87(77,78)81-24-35-39(67)41(69)47(83-35)65-26-54-37-43(56-49(51)58-45(37)65)62(17-4-2)21-31-11-13-32(14-12-31)33-22-63(18-15-52)60-59-33/h7-14,22,25-26,34-35,38-41,46-47,66-69H,3-4,15-21,23-24,27-28H2,1-2H3,(H,73,74)(H,75,76)(H,77,78)(H2,70,71,72)/t34-,35-,38+,39+,40+,41+,46-,47-/m1/s1. The van der Waals surface area contributed by atoms with Gasteiger partial charge in [-0.25, -0.2) is 19.0 Å². The number of aryl methyl sites for hydroxylation is 1. The Hall–Kier alpha value is -5.29. The molecule has 0 radical (unpaired) electrons. The average Bonchev–Trinajstić information content (AvgIpc) is 1.68. The van der Waals surface area contributed by atoms with Crippen LogP contribution in [0, 0.1) is 11.8 Å². The van der Waals surface area contributed by atoms with Crippen LogP contribution in [0.1, 0.15) is 55.8 Å². The van der Waals surface area contributed by atoms with E-state index in [9.17, 15) is 57.8 Å². The van der Waals surface area contributed by atoms with Crippen LogP contribution >= 0.6 is 53.6 Å². The number of hydrogen-bond acceptors (Lipinski definition) is 23. The number of fused-ring (bicyclic) bond motifs is 2. The van der Waals surface area contributed by atoms with Crippen LogP contribution in [-0.4, -0.2) is 187 Å². The summed E-state index contributed by atoms with van der Waals surface area (Å²) in [5.41, 5.74) is 4.23. The lowest BCUT2D eigenvalue weighted by Gasteiger charge is -2.24. The van der Waals surface area contributed by atoms with Crippen molar-refractivity contribution in [3.63, 3.8) is 0 Å². The molecule has 2 aliphatic heterocycles. The molecule has 0 bridgehead atoms. The van der Waals surface area contributed by atoms with Crippen LogP contribution in [-0.2, 0) is 60.9 Å². The first-order valence-corrected chi connectivity index (χ1v) is 34.5. The van der Waals surface area contributed by atoms with Crippen LogP contribution < -0.4 is 9.80 Å². The van der Waals surface area contributed by atoms with Crippen LogP contribution in [0.4, 0.5) is 16.0 Å². The molecule has 0 saturated carbocycles. The lowest BCUT2D eigenvalue weighted by molar-refractivity contribution is -0.0483. The maximum atomic E-state index is 13.2. The summed E-state index contributed by atoms with van der Waals surface area (Å²) in [4.78, 5) is 79.6. The number of hydrogen-bond donors (Lipinski definition) is 9. The number of aromatic nitrogens is 11. The maximum Gasteiger partial charge on any atom is 0.341 e. The molecule has 2 saturated heterocycles. The molecule has 11 atom stereocenters. The number of anilines is 2. The van der Waals surface area contributed by atoms with Gasteiger partial charge in [0.1, 0.15) is 55.6 Å². The molecule has 3 unspecified atom stereocenters. The highest BCUT2D eigenvalue weighted by molar-refractivity contribution is 7.70. The van der Waals surface area contributed by atoms with E-state index >= 15 is 0 Å². The van der Waals surface area contributed by atoms with Crippen LogP contribution in [0.15, 0.2) is 67.4 Å². The van der Waals surface area contributed by atoms with E-state index in [1.807, 2.05) is 47.9 Å². The van der Waals surface area contributed by atoms with Crippen molar-refractivity contribution in [3.8, 4) is 23.1 Å². The maximum absolute atomic E-state index is 13.2. The first-order valence-electron chi connectivity index (χ1n) is 26.6. The zero-order valence-corrected chi connectivity index (χ0v) is 51.2. The monoisotopic (exact) mass is 1330 g/mol. The number of ether oxygens (including phenoxy) is 2. The molecule has 7 heterocycles. The minimum Gasteiger partial charge on any atom is -0.387 e. The van der Waals surface area contributed by atoms with Gasteiger partial charge in [0, 0.05) is 37.3 Å². The normalized spacial score (nSPS) is 22.7. The van der Waals surface area contributed by atoms with E-state index in [4.69, 9.17) is 56.0 Å². The van der Waals surface area contributed by atoms with Gasteiger partial charge in [0.05, 0.1) is 38.6 Å². The summed E-state index contributed by atoms with van der Waals surface area (Å²) in [7, 11) is -19.5. The highest BCUT2D eigenvalue weighted by atomic mass is 35.5. The van der Waals surface area contributed by atoms with Crippen molar-refractivity contribution < 1.29 is 90.6 Å². The first-order chi connectivity index (χ1) is 41.2. The van der Waals surface area contributed by atoms with Crippen LogP contribution in [0.25, 0.3) is 33.6 Å². The Balaban J connectivity index is 0.776. The third kappa shape index (κ3) is 16.4. The van der Waals surface area contributed by atoms with Gasteiger partial charge >= 0.3 is 30.4 Å². The second-order valence-corrected chi connectivity index (χ2v) is 29.1. The number of halogens is 3. The van der Waals surface area contributed by atoms with E-state index in [2.05, 4.69) is 52.1 Å². The molecule has 470 valence electrons. The van der Waals surface area contributed by atoms with E-state index in [1.165, 1.54) is 26.5 Å². The van der Waals surface area contributed by atoms with Gasteiger partial charge in [0.25, 0.3) is 0 Å². The van der Waals surface area contributed by atoms with E-state index in [0.717, 1.165) is 16.7 Å². The Morgan fingerprint density at radius 3 is 1.60 bits per heavy atom. The second-order valence-electron chi connectivity index (χ2n) is 20.2. The number of rotatable bonds is 27. The highest BCUT2D eigenvalue weighted by Gasteiger charge is 2.48. The van der Waals surface area contributed by atoms with E-state index < -0.39 is 118 Å². The summed E-state index contributed by atoms with van der Waals surface area (Å²) in [6.45, 7) is 2.76. The van der Waals surface area contributed by atoms with Crippen molar-refractivity contribution >= 4 is 87.5 Å². The van der Waals surface area contributed by atoms with Gasteiger partial charge in [0.2, 0.25) is 10.6 Å². The van der Waals surface area contributed by atoms with Gasteiger partial charge in [-0.3, -0.25) is 31.9 Å². The summed E-state index contributed by atoms with van der Waals surface area (Å²) in [6.07, 6.45) is -6.63. The fourth-order valence-corrected chi connectivity index (χ4v) is 15.6. The Labute approximate surface area is 504 Å². The molecule has 0 amide bonds. The zero-order valence-electron chi connectivity index (χ0n) is 46.1. The van der Waals surface area contributed by atoms with Crippen molar-refractivity contribution in [2.75, 3.05) is 61.2 Å². The summed E-state index contributed by atoms with van der Waals surface area (Å²) in [6, 6.07) is 14.4. The first kappa shape index (κ1) is 66.1. The second kappa shape index (κ2) is 27.8. The van der Waals surface area contributed by atoms with E-state index in [1.54, 1.807) is 30.5 Å². The van der Waals surface area contributed by atoms with Crippen molar-refractivity contribution in [1.82, 2.24) is 54.0 Å². The van der Waals surface area contributed by atoms with Crippen molar-refractivity contribution in [3.05, 3.63) is 94.6 Å². The molecular formula is C49H60Cl2FN13O18P4. The van der Waals surface area contributed by atoms with Crippen LogP contribution in [0.2, 0.25) is 10.6 Å². The topological polar surface area (TPSA) is 421 Å². The average molecular weight is 1330 g/mol. The smallest absolute Gasteiger partial charge is 0.341 e. The fourth-order valence-electron chi connectivity index (χ4n) is 9.59. The molecular weight excluding hydrogens is 1270 g/mol. The minimum absolute atomic E-state index is 0.0882. The minimum atomic E-state index is -4.94. The Kier molecular flexibility index (Phi) is 21.2. The lowest BCUT2D eigenvalue weighted by atomic mass is 10.1. The molecule has 2 fully saturated rings. The molecule has 9 N–H and O–H groups in total. The summed E-state index contributed by atoms with van der Waals surface area (Å²) >= 11 is 12.9. The lowest BCUT2D eigenvalue weighted by Crippen LogP contribution is -2.33. The molecule has 7 aromatic rings. The summed E-state index contributed by atoms with van der Waals surface area (Å²) in [5, 5.41) is 51.6. The number of imidazole rings is 2. The van der Waals surface area contributed by atoms with Crippen LogP contribution in [0.3, 0.4) is 0 Å². The largest absolute Gasteiger partial charge is 0.387 e. The van der Waals surface area contributed by atoms with Crippen molar-refractivity contribution in [2.45, 2.75) is 95.4 Å². The van der Waals surface area contributed by atoms with Gasteiger partial charge in [-0.15, -0.1) is 5.10 Å². The molecule has 31 nitrogen and oxygen atoms in total. The quantitative estimate of drug-likeness (QED) is 0.0197. The van der Waals surface area contributed by atoms with Gasteiger partial charge < -0.3 is 73.2 Å². The predicted octanol–water partition coefficient (Wildman–Crippen LogP) is 4.32. The van der Waals surface area contributed by atoms with Crippen molar-refractivity contribution in [2.24, 2.45) is 0 Å². The molecule has 0 spiro atoms. The number of aliphatic hydroxyl groups excluding tert-OH is 4. The molecule has 2 aromatic carbocycles. The van der Waals surface area contributed by atoms with Crippen molar-refractivity contribution in [1.29, 1.82) is 0 Å². The van der Waals surface area contributed by atoms with E-state index in [-0.39, 0.29) is 46.0 Å². The zero-order chi connectivity index (χ0) is 62.6. The fraction of sp³-hybridized carbons (Fsp3) is 0.469. The van der Waals surface area contributed by atoms with Gasteiger partial charge in [-0.1, -0.05) is 67.3 Å². The SMILES string of the molecule is CCCN(Cc1ccc(C#CCOP(=O)(O)CP(=O)(O)OC[C@H]2O[C@@H](n3cnc4c(N(CCC)Cc5ccc(-c6cn(CCF)nn6)cc5)nc(Cl)nc43)[C@@H](O)[C@H]2O)cc1)c1nc(Cl)nc2c1ncn2[C@@H]1O[C@H](COP(=O)(O)CP(=O)(O)O)[C@H](O)[C@@H]1O. The Morgan fingerprint density at radius 1 is 0.655 bits per heavy atom. The summed E-state index contributed by atoms with van der Waals surface area (Å²) < 4.78 is 93.2. The Morgan fingerprint density at radius 2 is 1.13 bits per heavy atom. The number of aliphatic hydroxyl groups is 4. The number of benzene rings is 2. The molecule has 5 aromatic heterocycles. The number of alkyl halides is 1. The van der Waals surface area contributed by atoms with E-state index in [0.29, 0.717) is 55.4 Å². The third-order valence-corrected chi connectivity index (χ3v) is 21.3. The van der Waals surface area contributed by atoms with Crippen LogP contribution in [0.5, 0.6) is 0 Å². The van der Waals surface area contributed by atoms with Gasteiger partial charge in [-0.05, 0) is 59.3 Å². The number of nitrogens with zero attached hydrogens (tertiary/aromatic N) is 13. The van der Waals surface area contributed by atoms with Gasteiger partial charge in [0.15, 0.2) is 58.2 Å². The predicted molar refractivity (Wildman–Crippen MR) is 309 cm³/mol. The third-order valence-electron chi connectivity index (χ3n) is 13.5. The molecule has 87 heavy (non-hydrogen) atoms. The molecule has 38 heteroatoms. The highest BCUT2D eigenvalue weighted by Crippen LogP contribution is 2.59. The van der Waals surface area contributed by atoms with Gasteiger partial charge in [-0.2, -0.15) is 19.9 Å². The molecule has 2 aliphatic rings. The Bertz CT molecular complexity index is 3820. The molecule has 9 rings (SSSR count). The molecule has 0 aliphatic carbocycles.